The second-order valence-corrected chi connectivity index (χ2v) is 7.71. The Hall–Kier alpha value is -3.60. The summed E-state index contributed by atoms with van der Waals surface area (Å²) in [5, 5.41) is 6.42. The fourth-order valence-corrected chi connectivity index (χ4v) is 4.26. The van der Waals surface area contributed by atoms with Gasteiger partial charge in [0.2, 0.25) is 5.66 Å². The van der Waals surface area contributed by atoms with E-state index in [0.717, 1.165) is 27.9 Å². The van der Waals surface area contributed by atoms with E-state index in [2.05, 4.69) is 10.6 Å². The zero-order valence-corrected chi connectivity index (χ0v) is 16.3. The number of hydrogen-bond acceptors (Lipinski definition) is 3. The first-order valence-corrected chi connectivity index (χ1v) is 9.67. The van der Waals surface area contributed by atoms with E-state index in [0.29, 0.717) is 17.8 Å². The molecule has 5 nitrogen and oxygen atoms in total. The monoisotopic (exact) mass is 383 g/mol. The topological polar surface area (TPSA) is 61.4 Å². The van der Waals surface area contributed by atoms with E-state index in [1.165, 1.54) is 0 Å². The SMILES string of the molecule is Cc1ccc(CN2C(=O)c3ccccc3N[C@@]23C(=O)Nc2c(C)cccc23)cc1. The third kappa shape index (κ3) is 2.47. The molecule has 0 saturated heterocycles. The van der Waals surface area contributed by atoms with Crippen molar-refractivity contribution in [3.8, 4) is 0 Å². The Morgan fingerprint density at radius 2 is 1.66 bits per heavy atom. The first-order chi connectivity index (χ1) is 14.0. The standard InChI is InChI=1S/C24H21N3O2/c1-15-10-12-17(13-11-15)14-27-22(28)18-7-3-4-9-20(18)26-24(27)19-8-5-6-16(2)21(19)25-23(24)29/h3-13,26H,14H2,1-2H3,(H,25,29)/t24-/m1/s1. The third-order valence-corrected chi connectivity index (χ3v) is 5.81. The van der Waals surface area contributed by atoms with Crippen LogP contribution >= 0.6 is 0 Å². The van der Waals surface area contributed by atoms with Crippen LogP contribution in [0.3, 0.4) is 0 Å². The fraction of sp³-hybridized carbons (Fsp3) is 0.167. The van der Waals surface area contributed by atoms with Gasteiger partial charge in [-0.2, -0.15) is 0 Å². The molecule has 3 aromatic rings. The lowest BCUT2D eigenvalue weighted by Gasteiger charge is -2.44. The van der Waals surface area contributed by atoms with Crippen molar-refractivity contribution in [2.75, 3.05) is 10.6 Å². The van der Waals surface area contributed by atoms with Gasteiger partial charge in [-0.15, -0.1) is 0 Å². The quantitative estimate of drug-likeness (QED) is 0.698. The van der Waals surface area contributed by atoms with Crippen LogP contribution in [0.4, 0.5) is 11.4 Å². The number of carbonyl (C=O) groups excluding carboxylic acids is 2. The summed E-state index contributed by atoms with van der Waals surface area (Å²) in [4.78, 5) is 28.7. The molecule has 0 bridgehead atoms. The van der Waals surface area contributed by atoms with Crippen LogP contribution in [-0.2, 0) is 17.0 Å². The van der Waals surface area contributed by atoms with Crippen molar-refractivity contribution in [1.29, 1.82) is 0 Å². The maximum Gasteiger partial charge on any atom is 0.276 e. The van der Waals surface area contributed by atoms with Gasteiger partial charge in [0.05, 0.1) is 11.3 Å². The maximum absolute atomic E-state index is 13.6. The molecule has 144 valence electrons. The second-order valence-electron chi connectivity index (χ2n) is 7.71. The molecule has 2 N–H and O–H groups in total. The summed E-state index contributed by atoms with van der Waals surface area (Å²) >= 11 is 0. The summed E-state index contributed by atoms with van der Waals surface area (Å²) in [5.41, 5.74) is 4.59. The normalized spacial score (nSPS) is 19.6. The van der Waals surface area contributed by atoms with Gasteiger partial charge in [0, 0.05) is 17.8 Å². The Morgan fingerprint density at radius 1 is 0.897 bits per heavy atom. The van der Waals surface area contributed by atoms with E-state index in [4.69, 9.17) is 0 Å². The number of nitrogens with one attached hydrogen (secondary N) is 2. The fourth-order valence-electron chi connectivity index (χ4n) is 4.26. The zero-order chi connectivity index (χ0) is 20.2. The summed E-state index contributed by atoms with van der Waals surface area (Å²) in [6, 6.07) is 21.2. The highest BCUT2D eigenvalue weighted by Gasteiger charge is 2.56. The number of nitrogens with zero attached hydrogens (tertiary/aromatic N) is 1. The molecule has 0 fully saturated rings. The largest absolute Gasteiger partial charge is 0.350 e. The molecule has 5 rings (SSSR count). The molecule has 0 saturated carbocycles. The summed E-state index contributed by atoms with van der Waals surface area (Å²) < 4.78 is 0. The molecule has 2 amide bonds. The van der Waals surface area contributed by atoms with Crippen molar-refractivity contribution in [1.82, 2.24) is 4.90 Å². The first-order valence-electron chi connectivity index (χ1n) is 9.67. The number of benzene rings is 3. The smallest absolute Gasteiger partial charge is 0.276 e. The van der Waals surface area contributed by atoms with Crippen LogP contribution in [-0.4, -0.2) is 16.7 Å². The number of para-hydroxylation sites is 2. The summed E-state index contributed by atoms with van der Waals surface area (Å²) in [5.74, 6) is -0.402. The van der Waals surface area contributed by atoms with E-state index >= 15 is 0 Å². The Balaban J connectivity index is 1.72. The van der Waals surface area contributed by atoms with Gasteiger partial charge in [-0.1, -0.05) is 60.2 Å². The molecule has 0 aliphatic carbocycles. The zero-order valence-electron chi connectivity index (χ0n) is 16.3. The number of fused-ring (bicyclic) bond motifs is 3. The number of rotatable bonds is 2. The molecule has 3 aromatic carbocycles. The lowest BCUT2D eigenvalue weighted by atomic mass is 9.91. The molecule has 2 aliphatic rings. The Labute approximate surface area is 169 Å². The van der Waals surface area contributed by atoms with Crippen LogP contribution in [0.1, 0.15) is 32.6 Å². The molecule has 0 unspecified atom stereocenters. The number of carbonyl (C=O) groups is 2. The van der Waals surface area contributed by atoms with Crippen LogP contribution in [0.5, 0.6) is 0 Å². The number of amides is 2. The van der Waals surface area contributed by atoms with Crippen LogP contribution in [0.2, 0.25) is 0 Å². The van der Waals surface area contributed by atoms with Crippen molar-refractivity contribution in [3.05, 3.63) is 94.5 Å². The molecule has 0 radical (unpaired) electrons. The molecule has 2 heterocycles. The van der Waals surface area contributed by atoms with Crippen molar-refractivity contribution in [2.45, 2.75) is 26.1 Å². The van der Waals surface area contributed by atoms with Gasteiger partial charge in [0.1, 0.15) is 0 Å². The molecule has 1 atom stereocenters. The van der Waals surface area contributed by atoms with E-state index < -0.39 is 5.66 Å². The van der Waals surface area contributed by atoms with Crippen molar-refractivity contribution >= 4 is 23.2 Å². The average Bonchev–Trinajstić information content (AvgIpc) is 3.00. The lowest BCUT2D eigenvalue weighted by Crippen LogP contribution is -2.60. The van der Waals surface area contributed by atoms with Crippen LogP contribution in [0, 0.1) is 13.8 Å². The Morgan fingerprint density at radius 3 is 2.45 bits per heavy atom. The third-order valence-electron chi connectivity index (χ3n) is 5.81. The second kappa shape index (κ2) is 6.21. The average molecular weight is 383 g/mol. The van der Waals surface area contributed by atoms with Crippen molar-refractivity contribution < 1.29 is 9.59 Å². The Bertz CT molecular complexity index is 1150. The van der Waals surface area contributed by atoms with Gasteiger partial charge in [-0.3, -0.25) is 14.5 Å². The summed E-state index contributed by atoms with van der Waals surface area (Å²) in [6.07, 6.45) is 0. The van der Waals surface area contributed by atoms with E-state index in [9.17, 15) is 9.59 Å². The number of aryl methyl sites for hydroxylation is 2. The summed E-state index contributed by atoms with van der Waals surface area (Å²) in [6.45, 7) is 4.31. The van der Waals surface area contributed by atoms with Gasteiger partial charge in [-0.25, -0.2) is 0 Å². The highest BCUT2D eigenvalue weighted by atomic mass is 16.2. The van der Waals surface area contributed by atoms with Gasteiger partial charge in [-0.05, 0) is 37.1 Å². The highest BCUT2D eigenvalue weighted by Crippen LogP contribution is 2.46. The predicted octanol–water partition coefficient (Wildman–Crippen LogP) is 4.18. The van der Waals surface area contributed by atoms with E-state index in [1.807, 2.05) is 74.5 Å². The predicted molar refractivity (Wildman–Crippen MR) is 113 cm³/mol. The molecule has 0 aromatic heterocycles. The molecular formula is C24H21N3O2. The number of hydrogen-bond donors (Lipinski definition) is 2. The van der Waals surface area contributed by atoms with Crippen molar-refractivity contribution in [3.63, 3.8) is 0 Å². The minimum atomic E-state index is -1.28. The lowest BCUT2D eigenvalue weighted by molar-refractivity contribution is -0.125. The van der Waals surface area contributed by atoms with Crippen molar-refractivity contribution in [2.24, 2.45) is 0 Å². The van der Waals surface area contributed by atoms with Gasteiger partial charge >= 0.3 is 0 Å². The Kier molecular flexibility index (Phi) is 3.74. The first kappa shape index (κ1) is 17.5. The summed E-state index contributed by atoms with van der Waals surface area (Å²) in [7, 11) is 0. The maximum atomic E-state index is 13.6. The molecule has 5 heteroatoms. The molecule has 1 spiro atoms. The van der Waals surface area contributed by atoms with Crippen LogP contribution in [0.25, 0.3) is 0 Å². The minimum Gasteiger partial charge on any atom is -0.350 e. The number of anilines is 2. The van der Waals surface area contributed by atoms with Gasteiger partial charge in [0.25, 0.3) is 11.8 Å². The van der Waals surface area contributed by atoms with E-state index in [-0.39, 0.29) is 11.8 Å². The molecule has 2 aliphatic heterocycles. The molecular weight excluding hydrogens is 362 g/mol. The minimum absolute atomic E-state index is 0.163. The van der Waals surface area contributed by atoms with Crippen LogP contribution in [0.15, 0.2) is 66.7 Å². The van der Waals surface area contributed by atoms with Gasteiger partial charge < -0.3 is 10.6 Å². The van der Waals surface area contributed by atoms with Gasteiger partial charge in [0.15, 0.2) is 0 Å². The molecule has 29 heavy (non-hydrogen) atoms. The van der Waals surface area contributed by atoms with Crippen LogP contribution < -0.4 is 10.6 Å². The van der Waals surface area contributed by atoms with E-state index in [1.54, 1.807) is 11.0 Å². The highest BCUT2D eigenvalue weighted by molar-refractivity contribution is 6.14.